The molecule has 0 saturated heterocycles. The molecule has 0 spiro atoms. The highest BCUT2D eigenvalue weighted by Gasteiger charge is 2.14. The summed E-state index contributed by atoms with van der Waals surface area (Å²) >= 11 is 0. The largest absolute Gasteiger partial charge is 0.506 e. The van der Waals surface area contributed by atoms with Gasteiger partial charge in [-0.1, -0.05) is 30.3 Å². The number of aromatic amines is 1. The van der Waals surface area contributed by atoms with Gasteiger partial charge in [-0.15, -0.1) is 0 Å². The van der Waals surface area contributed by atoms with Gasteiger partial charge >= 0.3 is 0 Å². The number of rotatable bonds is 8. The molecule has 3 heterocycles. The summed E-state index contributed by atoms with van der Waals surface area (Å²) in [5.74, 6) is 1.94. The number of phenols is 1. The summed E-state index contributed by atoms with van der Waals surface area (Å²) in [5, 5.41) is 22.2. The Bertz CT molecular complexity index is 1770. The molecule has 0 aliphatic rings. The number of fused-ring (bicyclic) bond motifs is 3. The molecule has 9 heteroatoms. The van der Waals surface area contributed by atoms with Gasteiger partial charge in [-0.05, 0) is 42.5 Å². The average Bonchev–Trinajstić information content (AvgIpc) is 3.46. The average molecular weight is 491 g/mol. The Labute approximate surface area is 212 Å². The first-order valence-corrected chi connectivity index (χ1v) is 12.1. The molecule has 6 aromatic rings. The van der Waals surface area contributed by atoms with Crippen LogP contribution in [0.4, 0.5) is 0 Å². The van der Waals surface area contributed by atoms with E-state index in [2.05, 4.69) is 25.9 Å². The molecule has 184 valence electrons. The van der Waals surface area contributed by atoms with Crippen LogP contribution in [0.2, 0.25) is 0 Å². The standard InChI is InChI=1S/C28H26N8O/c29-28(30)18-9-11-20-22(14-18)34-25(33-20)15-26-35-21-5-1-2-6-23(21)36(26)13-12-31-16-19-10-8-17-4-3-7-24(37)27(17)32-19/h1-11,14,31,37H,12-13,15-16H2,(H3,29,30)(H,33,34). The number of imidazole rings is 2. The van der Waals surface area contributed by atoms with Gasteiger partial charge < -0.3 is 25.7 Å². The number of aromatic nitrogens is 5. The van der Waals surface area contributed by atoms with Crippen LogP contribution < -0.4 is 11.1 Å². The summed E-state index contributed by atoms with van der Waals surface area (Å²) in [5.41, 5.74) is 11.5. The SMILES string of the molecule is N=C(N)c1ccc2[nH]c(Cc3nc4ccccc4n3CCNCc3ccc4cccc(O)c4n3)nc2c1. The molecule has 0 aliphatic carbocycles. The molecule has 6 rings (SSSR count). The molecule has 37 heavy (non-hydrogen) atoms. The van der Waals surface area contributed by atoms with Crippen LogP contribution >= 0.6 is 0 Å². The first-order valence-electron chi connectivity index (χ1n) is 12.1. The number of hydrogen-bond donors (Lipinski definition) is 5. The summed E-state index contributed by atoms with van der Waals surface area (Å²) in [6.45, 7) is 2.04. The number of nitrogens with one attached hydrogen (secondary N) is 3. The number of nitrogens with two attached hydrogens (primary N) is 1. The van der Waals surface area contributed by atoms with Crippen LogP contribution in [-0.4, -0.2) is 42.0 Å². The summed E-state index contributed by atoms with van der Waals surface area (Å²) in [4.78, 5) is 17.6. The second kappa shape index (κ2) is 9.36. The first kappa shape index (κ1) is 22.7. The Morgan fingerprint density at radius 3 is 2.76 bits per heavy atom. The second-order valence-electron chi connectivity index (χ2n) is 9.00. The maximum Gasteiger partial charge on any atom is 0.141 e. The van der Waals surface area contributed by atoms with Crippen LogP contribution in [0.1, 0.15) is 22.9 Å². The lowest BCUT2D eigenvalue weighted by Gasteiger charge is -2.10. The molecule has 0 atom stereocenters. The van der Waals surface area contributed by atoms with Crippen LogP contribution in [0.15, 0.2) is 72.8 Å². The van der Waals surface area contributed by atoms with Gasteiger partial charge in [-0.3, -0.25) is 5.41 Å². The van der Waals surface area contributed by atoms with E-state index < -0.39 is 0 Å². The van der Waals surface area contributed by atoms with E-state index in [1.165, 1.54) is 0 Å². The van der Waals surface area contributed by atoms with Crippen molar-refractivity contribution in [2.45, 2.75) is 19.5 Å². The van der Waals surface area contributed by atoms with Crippen molar-refractivity contribution in [2.75, 3.05) is 6.54 Å². The van der Waals surface area contributed by atoms with Crippen molar-refractivity contribution < 1.29 is 5.11 Å². The van der Waals surface area contributed by atoms with Crippen molar-refractivity contribution in [3.8, 4) is 5.75 Å². The molecular formula is C28H26N8O. The Hall–Kier alpha value is -4.76. The highest BCUT2D eigenvalue weighted by atomic mass is 16.3. The van der Waals surface area contributed by atoms with Gasteiger partial charge in [0.15, 0.2) is 0 Å². The molecule has 0 amide bonds. The molecule has 0 radical (unpaired) electrons. The van der Waals surface area contributed by atoms with Crippen molar-refractivity contribution in [1.29, 1.82) is 5.41 Å². The lowest BCUT2D eigenvalue weighted by atomic mass is 10.2. The third-order valence-corrected chi connectivity index (χ3v) is 6.48. The zero-order valence-corrected chi connectivity index (χ0v) is 20.1. The number of hydrogen-bond acceptors (Lipinski definition) is 6. The van der Waals surface area contributed by atoms with Crippen LogP contribution in [0.5, 0.6) is 5.75 Å². The molecule has 0 bridgehead atoms. The van der Waals surface area contributed by atoms with E-state index in [0.29, 0.717) is 24.0 Å². The molecule has 0 saturated carbocycles. The summed E-state index contributed by atoms with van der Waals surface area (Å²) in [7, 11) is 0. The molecule has 0 aliphatic heterocycles. The van der Waals surface area contributed by atoms with Crippen LogP contribution in [0, 0.1) is 5.41 Å². The fourth-order valence-corrected chi connectivity index (χ4v) is 4.65. The minimum atomic E-state index is 0.0245. The normalized spacial score (nSPS) is 11.6. The number of nitrogens with zero attached hydrogens (tertiary/aromatic N) is 4. The van der Waals surface area contributed by atoms with Crippen LogP contribution in [-0.2, 0) is 19.5 Å². The lowest BCUT2D eigenvalue weighted by molar-refractivity contribution is 0.480. The Balaban J connectivity index is 1.20. The van der Waals surface area contributed by atoms with Crippen molar-refractivity contribution in [3.63, 3.8) is 0 Å². The van der Waals surface area contributed by atoms with Gasteiger partial charge in [0.05, 0.1) is 34.2 Å². The van der Waals surface area contributed by atoms with E-state index in [4.69, 9.17) is 21.1 Å². The summed E-state index contributed by atoms with van der Waals surface area (Å²) in [6.07, 6.45) is 0.546. The number of para-hydroxylation sites is 3. The van der Waals surface area contributed by atoms with Gasteiger partial charge in [0.1, 0.15) is 28.8 Å². The number of phenolic OH excluding ortho intramolecular Hbond substituents is 1. The second-order valence-corrected chi connectivity index (χ2v) is 9.00. The van der Waals surface area contributed by atoms with E-state index >= 15 is 0 Å². The number of H-pyrrole nitrogens is 1. The molecule has 0 fully saturated rings. The first-order chi connectivity index (χ1) is 18.0. The number of amidine groups is 1. The third-order valence-electron chi connectivity index (χ3n) is 6.48. The van der Waals surface area contributed by atoms with Gasteiger partial charge in [-0.25, -0.2) is 15.0 Å². The zero-order valence-electron chi connectivity index (χ0n) is 20.1. The molecule has 6 N–H and O–H groups in total. The van der Waals surface area contributed by atoms with E-state index in [-0.39, 0.29) is 11.6 Å². The monoisotopic (exact) mass is 490 g/mol. The molecule has 3 aromatic carbocycles. The van der Waals surface area contributed by atoms with Crippen molar-refractivity contribution in [1.82, 2.24) is 29.8 Å². The minimum absolute atomic E-state index is 0.0245. The van der Waals surface area contributed by atoms with Gasteiger partial charge in [-0.2, -0.15) is 0 Å². The molecular weight excluding hydrogens is 464 g/mol. The highest BCUT2D eigenvalue weighted by Crippen LogP contribution is 2.23. The highest BCUT2D eigenvalue weighted by molar-refractivity contribution is 5.98. The minimum Gasteiger partial charge on any atom is -0.506 e. The Kier molecular flexibility index (Phi) is 5.74. The number of pyridine rings is 1. The predicted octanol–water partition coefficient (Wildman–Crippen LogP) is 3.83. The summed E-state index contributed by atoms with van der Waals surface area (Å²) < 4.78 is 2.22. The van der Waals surface area contributed by atoms with Gasteiger partial charge in [0.25, 0.3) is 0 Å². The maximum absolute atomic E-state index is 10.1. The fraction of sp³-hybridized carbons (Fsp3) is 0.143. The molecule has 3 aromatic heterocycles. The van der Waals surface area contributed by atoms with Crippen molar-refractivity contribution in [3.05, 3.63) is 95.7 Å². The predicted molar refractivity (Wildman–Crippen MR) is 145 cm³/mol. The van der Waals surface area contributed by atoms with Crippen molar-refractivity contribution in [2.24, 2.45) is 5.73 Å². The molecule has 0 unspecified atom stereocenters. The quantitative estimate of drug-likeness (QED) is 0.125. The maximum atomic E-state index is 10.1. The number of benzene rings is 3. The van der Waals surface area contributed by atoms with E-state index in [9.17, 15) is 5.11 Å². The number of nitrogen functional groups attached to an aromatic ring is 1. The fourth-order valence-electron chi connectivity index (χ4n) is 4.65. The summed E-state index contributed by atoms with van der Waals surface area (Å²) in [6, 6.07) is 23.0. The van der Waals surface area contributed by atoms with Crippen LogP contribution in [0.25, 0.3) is 33.0 Å². The topological polar surface area (TPSA) is 142 Å². The Morgan fingerprint density at radius 1 is 0.973 bits per heavy atom. The third kappa shape index (κ3) is 4.48. The number of aromatic hydroxyl groups is 1. The van der Waals surface area contributed by atoms with E-state index in [1.54, 1.807) is 6.07 Å². The smallest absolute Gasteiger partial charge is 0.141 e. The lowest BCUT2D eigenvalue weighted by Crippen LogP contribution is -2.21. The van der Waals surface area contributed by atoms with E-state index in [1.807, 2.05) is 60.7 Å². The van der Waals surface area contributed by atoms with Gasteiger partial charge in [0.2, 0.25) is 0 Å². The van der Waals surface area contributed by atoms with Crippen LogP contribution in [0.3, 0.4) is 0 Å². The van der Waals surface area contributed by atoms with E-state index in [0.717, 1.165) is 57.9 Å². The zero-order chi connectivity index (χ0) is 25.4. The molecule has 9 nitrogen and oxygen atoms in total. The Morgan fingerprint density at radius 2 is 1.86 bits per heavy atom. The van der Waals surface area contributed by atoms with Crippen molar-refractivity contribution >= 4 is 38.8 Å². The van der Waals surface area contributed by atoms with Gasteiger partial charge in [0, 0.05) is 30.6 Å².